The van der Waals surface area contributed by atoms with E-state index in [0.29, 0.717) is 16.6 Å². The summed E-state index contributed by atoms with van der Waals surface area (Å²) in [6, 6.07) is 7.48. The molecule has 160 valence electrons. The van der Waals surface area contributed by atoms with Crippen molar-refractivity contribution in [2.45, 2.75) is 31.5 Å². The molecule has 0 saturated heterocycles. The number of carbonyl (C=O) groups excluding carboxylic acids is 1. The summed E-state index contributed by atoms with van der Waals surface area (Å²) in [5, 5.41) is 2.79. The second-order valence-corrected chi connectivity index (χ2v) is 9.07. The van der Waals surface area contributed by atoms with E-state index in [2.05, 4.69) is 21.2 Å². The van der Waals surface area contributed by atoms with Crippen LogP contribution in [0.5, 0.6) is 0 Å². The van der Waals surface area contributed by atoms with Gasteiger partial charge in [-0.2, -0.15) is 13.2 Å². The van der Waals surface area contributed by atoms with Gasteiger partial charge in [-0.25, -0.2) is 0 Å². The Morgan fingerprint density at radius 3 is 2.33 bits per heavy atom. The molecule has 0 aliphatic heterocycles. The number of carbonyl (C=O) groups is 1. The maximum absolute atomic E-state index is 13.6. The summed E-state index contributed by atoms with van der Waals surface area (Å²) in [5.41, 5.74) is 1.31. The van der Waals surface area contributed by atoms with E-state index in [0.717, 1.165) is 24.5 Å². The molecule has 1 N–H and O–H groups in total. The van der Waals surface area contributed by atoms with E-state index in [-0.39, 0.29) is 32.5 Å². The fourth-order valence-electron chi connectivity index (χ4n) is 2.85. The first kappa shape index (κ1) is 23.5. The van der Waals surface area contributed by atoms with Crippen molar-refractivity contribution in [2.24, 2.45) is 5.92 Å². The normalized spacial score (nSPS) is 15.4. The lowest BCUT2D eigenvalue weighted by Gasteiger charge is -2.18. The molecule has 0 aromatic heterocycles. The van der Waals surface area contributed by atoms with Gasteiger partial charge in [-0.1, -0.05) is 75.0 Å². The maximum atomic E-state index is 13.6. The molecule has 1 aliphatic rings. The molecule has 2 nitrogen and oxygen atoms in total. The third-order valence-corrected chi connectivity index (χ3v) is 6.61. The zero-order chi connectivity index (χ0) is 22.1. The fraction of sp³-hybridized carbons (Fsp3) is 0.286. The molecule has 1 unspecified atom stereocenters. The first-order chi connectivity index (χ1) is 14.1. The van der Waals surface area contributed by atoms with Crippen LogP contribution >= 0.6 is 50.7 Å². The molecule has 0 spiro atoms. The van der Waals surface area contributed by atoms with E-state index in [4.69, 9.17) is 34.8 Å². The van der Waals surface area contributed by atoms with Crippen molar-refractivity contribution in [1.82, 2.24) is 5.32 Å². The lowest BCUT2D eigenvalue weighted by molar-refractivity contribution is -0.139. The second-order valence-electron chi connectivity index (χ2n) is 7.02. The largest absolute Gasteiger partial charge is 0.399 e. The summed E-state index contributed by atoms with van der Waals surface area (Å²) in [7, 11) is 0. The van der Waals surface area contributed by atoms with Crippen molar-refractivity contribution in [2.75, 3.05) is 0 Å². The average molecular weight is 542 g/mol. The van der Waals surface area contributed by atoms with Crippen LogP contribution in [0.1, 0.15) is 35.4 Å². The molecule has 0 heterocycles. The molecule has 9 heteroatoms. The van der Waals surface area contributed by atoms with Gasteiger partial charge in [0, 0.05) is 16.9 Å². The van der Waals surface area contributed by atoms with Crippen LogP contribution in [0, 0.1) is 5.92 Å². The molecule has 1 amide bonds. The standard InChI is InChI=1S/C21H16BrCl3F3NO/c22-16-7-11(1-3-13(16)10-29-20(30)12-4-5-12)2-6-15(21(26,27)28)14-8-17(23)19(25)18(24)9-14/h1-3,6-9,12,15H,4-5,10H2,(H,29,30). The molecule has 0 radical (unpaired) electrons. The van der Waals surface area contributed by atoms with Gasteiger partial charge < -0.3 is 5.32 Å². The molecular weight excluding hydrogens is 525 g/mol. The molecule has 1 aliphatic carbocycles. The van der Waals surface area contributed by atoms with E-state index in [1.807, 2.05) is 0 Å². The van der Waals surface area contributed by atoms with Gasteiger partial charge in [0.25, 0.3) is 0 Å². The van der Waals surface area contributed by atoms with Gasteiger partial charge in [0.2, 0.25) is 5.91 Å². The number of hydrogen-bond acceptors (Lipinski definition) is 1. The van der Waals surface area contributed by atoms with Gasteiger partial charge in [0.1, 0.15) is 0 Å². The molecule has 0 bridgehead atoms. The lowest BCUT2D eigenvalue weighted by atomic mass is 9.97. The van der Waals surface area contributed by atoms with Crippen LogP contribution in [-0.4, -0.2) is 12.1 Å². The highest BCUT2D eigenvalue weighted by molar-refractivity contribution is 9.10. The number of rotatable bonds is 6. The first-order valence-electron chi connectivity index (χ1n) is 9.01. The van der Waals surface area contributed by atoms with Gasteiger partial charge >= 0.3 is 6.18 Å². The molecule has 1 atom stereocenters. The minimum Gasteiger partial charge on any atom is -0.352 e. The number of benzene rings is 2. The number of halogens is 7. The molecule has 30 heavy (non-hydrogen) atoms. The van der Waals surface area contributed by atoms with Crippen LogP contribution < -0.4 is 5.32 Å². The highest BCUT2D eigenvalue weighted by Crippen LogP contribution is 2.41. The Bertz CT molecular complexity index is 967. The number of alkyl halides is 3. The summed E-state index contributed by atoms with van der Waals surface area (Å²) in [6.45, 7) is 0.354. The van der Waals surface area contributed by atoms with Crippen molar-refractivity contribution >= 4 is 62.7 Å². The van der Waals surface area contributed by atoms with Gasteiger partial charge in [-0.05, 0) is 47.7 Å². The highest BCUT2D eigenvalue weighted by Gasteiger charge is 2.39. The van der Waals surface area contributed by atoms with Crippen molar-refractivity contribution in [1.29, 1.82) is 0 Å². The Kier molecular flexibility index (Phi) is 7.44. The van der Waals surface area contributed by atoms with Crippen molar-refractivity contribution in [3.05, 3.63) is 72.6 Å². The zero-order valence-corrected chi connectivity index (χ0v) is 19.2. The predicted molar refractivity (Wildman–Crippen MR) is 118 cm³/mol. The minimum atomic E-state index is -4.54. The van der Waals surface area contributed by atoms with E-state index in [9.17, 15) is 18.0 Å². The Labute approximate surface area is 195 Å². The van der Waals surface area contributed by atoms with Crippen LogP contribution in [0.4, 0.5) is 13.2 Å². The van der Waals surface area contributed by atoms with Crippen LogP contribution in [0.3, 0.4) is 0 Å². The predicted octanol–water partition coefficient (Wildman–Crippen LogP) is 7.79. The zero-order valence-electron chi connectivity index (χ0n) is 15.4. The van der Waals surface area contributed by atoms with Crippen molar-refractivity contribution in [3.8, 4) is 0 Å². The Hall–Kier alpha value is -1.21. The van der Waals surface area contributed by atoms with E-state index >= 15 is 0 Å². The third-order valence-electron chi connectivity index (χ3n) is 4.68. The number of amides is 1. The van der Waals surface area contributed by atoms with Crippen LogP contribution in [0.2, 0.25) is 15.1 Å². The number of hydrogen-bond donors (Lipinski definition) is 1. The average Bonchev–Trinajstić information content (AvgIpc) is 3.49. The monoisotopic (exact) mass is 539 g/mol. The lowest BCUT2D eigenvalue weighted by Crippen LogP contribution is -2.24. The minimum absolute atomic E-state index is 0.0142. The van der Waals surface area contributed by atoms with E-state index in [1.54, 1.807) is 18.2 Å². The van der Waals surface area contributed by atoms with Gasteiger partial charge in [-0.3, -0.25) is 4.79 Å². The molecule has 2 aromatic rings. The Morgan fingerprint density at radius 2 is 1.80 bits per heavy atom. The van der Waals surface area contributed by atoms with Crippen LogP contribution in [-0.2, 0) is 11.3 Å². The molecule has 1 fully saturated rings. The van der Waals surface area contributed by atoms with Crippen LogP contribution in [0.25, 0.3) is 6.08 Å². The Balaban J connectivity index is 1.78. The van der Waals surface area contributed by atoms with E-state index in [1.165, 1.54) is 18.2 Å². The number of allylic oxidation sites excluding steroid dienone is 1. The third kappa shape index (κ3) is 5.94. The fourth-order valence-corrected chi connectivity index (χ4v) is 4.00. The summed E-state index contributed by atoms with van der Waals surface area (Å²) in [6.07, 6.45) is -0.276. The van der Waals surface area contributed by atoms with Crippen molar-refractivity contribution < 1.29 is 18.0 Å². The van der Waals surface area contributed by atoms with Gasteiger partial charge in [0.15, 0.2) is 0 Å². The molecule has 2 aromatic carbocycles. The van der Waals surface area contributed by atoms with E-state index < -0.39 is 12.1 Å². The van der Waals surface area contributed by atoms with Gasteiger partial charge in [0.05, 0.1) is 21.0 Å². The summed E-state index contributed by atoms with van der Waals surface area (Å²) < 4.78 is 41.6. The molecular formula is C21H16BrCl3F3NO. The maximum Gasteiger partial charge on any atom is 0.399 e. The van der Waals surface area contributed by atoms with Crippen molar-refractivity contribution in [3.63, 3.8) is 0 Å². The summed E-state index contributed by atoms with van der Waals surface area (Å²) in [4.78, 5) is 11.8. The SMILES string of the molecule is O=C(NCc1ccc(C=CC(c2cc(Cl)c(Cl)c(Cl)c2)C(F)(F)F)cc1Br)C1CC1. The summed E-state index contributed by atoms with van der Waals surface area (Å²) in [5.74, 6) is -1.76. The number of nitrogens with one attached hydrogen (secondary N) is 1. The van der Waals surface area contributed by atoms with Crippen LogP contribution in [0.15, 0.2) is 40.9 Å². The highest BCUT2D eigenvalue weighted by atomic mass is 79.9. The first-order valence-corrected chi connectivity index (χ1v) is 10.9. The Morgan fingerprint density at radius 1 is 1.17 bits per heavy atom. The quantitative estimate of drug-likeness (QED) is 0.372. The topological polar surface area (TPSA) is 29.1 Å². The molecule has 3 rings (SSSR count). The smallest absolute Gasteiger partial charge is 0.352 e. The van der Waals surface area contributed by atoms with Gasteiger partial charge in [-0.15, -0.1) is 0 Å². The molecule has 1 saturated carbocycles. The second kappa shape index (κ2) is 9.51. The summed E-state index contributed by atoms with van der Waals surface area (Å²) >= 11 is 21.1.